The van der Waals surface area contributed by atoms with Gasteiger partial charge in [0.15, 0.2) is 15.0 Å². The zero-order valence-electron chi connectivity index (χ0n) is 18.2. The van der Waals surface area contributed by atoms with Crippen LogP contribution in [0.15, 0.2) is 52.3 Å². The monoisotopic (exact) mass is 511 g/mol. The van der Waals surface area contributed by atoms with Crippen molar-refractivity contribution in [3.8, 4) is 0 Å². The van der Waals surface area contributed by atoms with Crippen molar-refractivity contribution in [2.75, 3.05) is 44.1 Å². The minimum absolute atomic E-state index is 0.0106. The highest BCUT2D eigenvalue weighted by Gasteiger charge is 2.22. The van der Waals surface area contributed by atoms with Crippen LogP contribution in [0.4, 0.5) is 5.13 Å². The molecule has 6 nitrogen and oxygen atoms in total. The fourth-order valence-electron chi connectivity index (χ4n) is 3.03. The molecule has 0 unspecified atom stereocenters. The van der Waals surface area contributed by atoms with Crippen molar-refractivity contribution in [3.05, 3.63) is 47.5 Å². The number of thiazole rings is 1. The summed E-state index contributed by atoms with van der Waals surface area (Å²) in [6.07, 6.45) is 2.29. The normalized spacial score (nSPS) is 11.9. The van der Waals surface area contributed by atoms with E-state index in [0.29, 0.717) is 35.2 Å². The molecule has 3 aromatic rings. The van der Waals surface area contributed by atoms with E-state index in [4.69, 9.17) is 11.6 Å². The molecule has 0 saturated carbocycles. The number of aromatic nitrogens is 1. The summed E-state index contributed by atoms with van der Waals surface area (Å²) < 4.78 is 25.1. The van der Waals surface area contributed by atoms with Crippen molar-refractivity contribution in [3.63, 3.8) is 0 Å². The predicted molar refractivity (Wildman–Crippen MR) is 135 cm³/mol. The van der Waals surface area contributed by atoms with E-state index in [2.05, 4.69) is 4.98 Å². The van der Waals surface area contributed by atoms with Gasteiger partial charge in [-0.2, -0.15) is 0 Å². The first-order valence-corrected chi connectivity index (χ1v) is 14.2. The first kappa shape index (κ1) is 25.0. The molecule has 0 N–H and O–H groups in total. The minimum Gasteiger partial charge on any atom is -0.308 e. The van der Waals surface area contributed by atoms with Gasteiger partial charge in [0.05, 0.1) is 9.60 Å². The van der Waals surface area contributed by atoms with Gasteiger partial charge in [0, 0.05) is 35.7 Å². The topological polar surface area (TPSA) is 70.6 Å². The van der Waals surface area contributed by atoms with E-state index in [1.165, 1.54) is 17.6 Å². The first-order chi connectivity index (χ1) is 15.1. The van der Waals surface area contributed by atoms with Crippen molar-refractivity contribution in [2.24, 2.45) is 0 Å². The number of sulfone groups is 1. The van der Waals surface area contributed by atoms with Gasteiger partial charge >= 0.3 is 0 Å². The Kier molecular flexibility index (Phi) is 8.57. The Bertz CT molecular complexity index is 1180. The molecule has 0 atom stereocenters. The average molecular weight is 512 g/mol. The molecule has 0 aliphatic rings. The molecule has 1 aromatic heterocycles. The second kappa shape index (κ2) is 11.0. The third-order valence-electron chi connectivity index (χ3n) is 4.69. The fraction of sp³-hybridized carbons (Fsp3) is 0.364. The maximum atomic E-state index is 13.1. The van der Waals surface area contributed by atoms with Gasteiger partial charge in [0.25, 0.3) is 0 Å². The van der Waals surface area contributed by atoms with Crippen LogP contribution in [0.2, 0.25) is 5.02 Å². The fourth-order valence-corrected chi connectivity index (χ4v) is 5.94. The van der Waals surface area contributed by atoms with Crippen LogP contribution in [0.3, 0.4) is 0 Å². The van der Waals surface area contributed by atoms with Gasteiger partial charge in [-0.3, -0.25) is 9.69 Å². The molecule has 3 rings (SSSR count). The number of para-hydroxylation sites is 1. The Balaban J connectivity index is 1.74. The lowest BCUT2D eigenvalue weighted by Crippen LogP contribution is -2.36. The van der Waals surface area contributed by atoms with Gasteiger partial charge in [-0.05, 0) is 62.7 Å². The number of anilines is 1. The highest BCUT2D eigenvalue weighted by Crippen LogP contribution is 2.33. The smallest absolute Gasteiger partial charge is 0.228 e. The van der Waals surface area contributed by atoms with Crippen LogP contribution in [-0.4, -0.2) is 63.4 Å². The number of carbonyl (C=O) groups is 1. The van der Waals surface area contributed by atoms with E-state index >= 15 is 0 Å². The Morgan fingerprint density at radius 2 is 1.84 bits per heavy atom. The molecular weight excluding hydrogens is 486 g/mol. The molecule has 10 heteroatoms. The number of hydrogen-bond acceptors (Lipinski definition) is 7. The average Bonchev–Trinajstić information content (AvgIpc) is 3.15. The summed E-state index contributed by atoms with van der Waals surface area (Å²) in [7, 11) is 0.487. The second-order valence-corrected chi connectivity index (χ2v) is 12.2. The van der Waals surface area contributed by atoms with E-state index < -0.39 is 9.84 Å². The van der Waals surface area contributed by atoms with Crippen LogP contribution in [0.1, 0.15) is 12.8 Å². The highest BCUT2D eigenvalue weighted by molar-refractivity contribution is 7.99. The largest absolute Gasteiger partial charge is 0.308 e. The molecule has 0 radical (unpaired) electrons. The zero-order chi connectivity index (χ0) is 23.3. The van der Waals surface area contributed by atoms with Crippen LogP contribution in [-0.2, 0) is 14.6 Å². The first-order valence-electron chi connectivity index (χ1n) is 10.1. The van der Waals surface area contributed by atoms with Crippen molar-refractivity contribution < 1.29 is 13.2 Å². The summed E-state index contributed by atoms with van der Waals surface area (Å²) in [6, 6.07) is 12.8. The number of likely N-dealkylation sites (N-methyl/N-ethyl adjacent to an activating group) is 1. The highest BCUT2D eigenvalue weighted by atomic mass is 35.5. The molecule has 0 aliphatic heterocycles. The van der Waals surface area contributed by atoms with E-state index in [1.807, 2.05) is 49.3 Å². The summed E-state index contributed by atoms with van der Waals surface area (Å²) in [4.78, 5) is 22.7. The summed E-state index contributed by atoms with van der Waals surface area (Å²) in [6.45, 7) is 1.17. The van der Waals surface area contributed by atoms with Crippen LogP contribution >= 0.6 is 34.7 Å². The molecule has 0 spiro atoms. The van der Waals surface area contributed by atoms with Gasteiger partial charge in [0.2, 0.25) is 5.91 Å². The Morgan fingerprint density at radius 1 is 1.12 bits per heavy atom. The predicted octanol–water partition coefficient (Wildman–Crippen LogP) is 4.82. The minimum atomic E-state index is -3.41. The number of carbonyl (C=O) groups excluding carboxylic acids is 1. The molecule has 0 fully saturated rings. The lowest BCUT2D eigenvalue weighted by atomic mass is 10.3. The molecule has 1 heterocycles. The molecule has 0 bridgehead atoms. The quantitative estimate of drug-likeness (QED) is 0.287. The summed E-state index contributed by atoms with van der Waals surface area (Å²) >= 11 is 8.96. The second-order valence-electron chi connectivity index (χ2n) is 7.63. The standard InChI is InChI=1S/C22H26ClN3O3S3/c1-25(2)13-14-26(20(27)8-5-15-30-17-11-9-16(23)10-12-17)22-24-21-18(31-22)6-4-7-19(21)32(3,28)29/h4,6-7,9-12H,5,8,13-15H2,1-3H3. The number of fused-ring (bicyclic) bond motifs is 1. The summed E-state index contributed by atoms with van der Waals surface area (Å²) in [5.41, 5.74) is 0.427. The zero-order valence-corrected chi connectivity index (χ0v) is 21.5. The molecule has 0 aliphatic carbocycles. The number of nitrogens with zero attached hydrogens (tertiary/aromatic N) is 3. The van der Waals surface area contributed by atoms with E-state index in [-0.39, 0.29) is 10.8 Å². The molecule has 0 saturated heterocycles. The van der Waals surface area contributed by atoms with Gasteiger partial charge in [-0.25, -0.2) is 13.4 Å². The van der Waals surface area contributed by atoms with Crippen molar-refractivity contribution in [2.45, 2.75) is 22.6 Å². The molecule has 32 heavy (non-hydrogen) atoms. The number of rotatable bonds is 10. The van der Waals surface area contributed by atoms with E-state index in [0.717, 1.165) is 21.8 Å². The Hall–Kier alpha value is -1.65. The van der Waals surface area contributed by atoms with Crippen molar-refractivity contribution >= 4 is 65.8 Å². The number of hydrogen-bond donors (Lipinski definition) is 0. The van der Waals surface area contributed by atoms with Gasteiger partial charge in [-0.15, -0.1) is 11.8 Å². The Morgan fingerprint density at radius 3 is 2.50 bits per heavy atom. The number of thioether (sulfide) groups is 1. The number of benzene rings is 2. The van der Waals surface area contributed by atoms with E-state index in [1.54, 1.807) is 28.8 Å². The number of amides is 1. The third-order valence-corrected chi connectivity index (χ3v) is 8.21. The molecule has 172 valence electrons. The molecule has 2 aromatic carbocycles. The Labute approximate surface area is 202 Å². The van der Waals surface area contributed by atoms with Crippen LogP contribution in [0.5, 0.6) is 0 Å². The van der Waals surface area contributed by atoms with Crippen LogP contribution < -0.4 is 4.90 Å². The summed E-state index contributed by atoms with van der Waals surface area (Å²) in [5, 5.41) is 1.24. The lowest BCUT2D eigenvalue weighted by Gasteiger charge is -2.22. The maximum Gasteiger partial charge on any atom is 0.228 e. The van der Waals surface area contributed by atoms with E-state index in [9.17, 15) is 13.2 Å². The van der Waals surface area contributed by atoms with Crippen molar-refractivity contribution in [1.29, 1.82) is 0 Å². The molecular formula is C22H26ClN3O3S3. The molecule has 1 amide bonds. The van der Waals surface area contributed by atoms with Gasteiger partial charge in [0.1, 0.15) is 5.52 Å². The number of halogens is 1. The SMILES string of the molecule is CN(C)CCN(C(=O)CCCSc1ccc(Cl)cc1)c1nc2c(S(C)(=O)=O)cccc2s1. The summed E-state index contributed by atoms with van der Waals surface area (Å²) in [5.74, 6) is 0.802. The van der Waals surface area contributed by atoms with Crippen molar-refractivity contribution in [1.82, 2.24) is 9.88 Å². The van der Waals surface area contributed by atoms with Crippen LogP contribution in [0, 0.1) is 0 Å². The third kappa shape index (κ3) is 6.68. The van der Waals surface area contributed by atoms with Gasteiger partial charge < -0.3 is 4.90 Å². The lowest BCUT2D eigenvalue weighted by molar-refractivity contribution is -0.118. The van der Waals surface area contributed by atoms with Gasteiger partial charge in [-0.1, -0.05) is 29.0 Å². The maximum absolute atomic E-state index is 13.1. The van der Waals surface area contributed by atoms with Crippen LogP contribution in [0.25, 0.3) is 10.2 Å².